The highest BCUT2D eigenvalue weighted by Crippen LogP contribution is 2.48. The number of thiol groups is 1. The van der Waals surface area contributed by atoms with Crippen molar-refractivity contribution in [3.8, 4) is 46.5 Å². The molecule has 12 rings (SSSR count). The largest absolute Gasteiger partial charge is 0.478 e. The van der Waals surface area contributed by atoms with Crippen LogP contribution in [-0.4, -0.2) is 139 Å². The van der Waals surface area contributed by atoms with Gasteiger partial charge in [0.2, 0.25) is 47.1 Å². The Morgan fingerprint density at radius 2 is 0.626 bits per heavy atom. The van der Waals surface area contributed by atoms with Gasteiger partial charge in [-0.25, -0.2) is 47.5 Å². The fraction of sp³-hybridized carbons (Fsp3) is 0.505. The van der Waals surface area contributed by atoms with E-state index in [1.54, 1.807) is 57.4 Å². The van der Waals surface area contributed by atoms with Gasteiger partial charge in [0, 0.05) is 92.2 Å². The molecular formula is C105H133F12IN8O18S3. The standard InChI is InChI=1S/C26H31F3N2O4S.C25H28F3IN2O4.C25H29F3N2O6S.C25H29F3N2O4S.4CH4/c1-15(2)31(24(32)17-8-6-16(3)7-9-17)22-11-10-18(12-20(22)25(33)34-4)35-23-21(26(27,28)29)13-19(36-5)14-30-23;1-14(2)31(23(32)16-7-5-15(3)6-8-16)21-10-9-18(12-19(21)24(33)34-4)35-22-20(25(26,27)28)11-17(29)13-30-22;1-14(2)30(23(31)16-7-5-15(3)6-8-16)21-10-9-17(11-19(21)24(32)33)36-22-20(25(26,27)28)12-18(13-29-22)37(4,34)35;1-14(2)30(23(31)16-7-5-15(3)6-8-16)21-10-9-17(11-19(21)24(32)33-4)34-22-20(25(26,27)28)12-18(35)13-29-22;;;;/h10-17H,6-9H2,1-5H3;9-16H,5-8H2,1-4H3;9-16H,5-8H2,1-4H3,(H,32,33);9-16,35H,5-8H2,1-4H3;4*1H4. The molecule has 810 valence electrons. The normalized spacial score (nSPS) is 17.8. The SMILES string of the molecule is C.C.C.C.CC1CCC(C(=O)N(c2ccc(Oc3ncc(S(C)(=O)=O)cc3C(F)(F)F)cc2C(=O)O)C(C)C)CC1.COC(=O)c1cc(Oc2ncc(I)cc2C(F)(F)F)ccc1N(C(=O)C1CCC(C)CC1)C(C)C.COC(=O)c1cc(Oc2ncc(S)cc2C(F)(F)F)ccc1N(C(=O)C1CCC(C)CC1)C(C)C.COC(=O)c1cc(Oc2ncc(SC)cc2C(F)(F)F)ccc1N(C(=O)C1CCC(C)CC1)C(C)C. The van der Waals surface area contributed by atoms with Crippen molar-refractivity contribution >= 4 is 127 Å². The number of amides is 4. The Labute approximate surface area is 875 Å². The number of halogens is 13. The molecule has 4 aliphatic rings. The van der Waals surface area contributed by atoms with Gasteiger partial charge in [-0.05, 0) is 308 Å². The summed E-state index contributed by atoms with van der Waals surface area (Å²) in [6.07, 6.45) is 1.32. The number of carbonyl (C=O) groups excluding carboxylic acids is 7. The van der Waals surface area contributed by atoms with Gasteiger partial charge in [-0.1, -0.05) is 57.4 Å². The first-order valence-corrected chi connectivity index (χ1v) is 51.0. The van der Waals surface area contributed by atoms with Crippen LogP contribution in [-0.2, 0) is 67.9 Å². The zero-order valence-corrected chi connectivity index (χ0v) is 86.6. The van der Waals surface area contributed by atoms with Crippen LogP contribution in [0, 0.1) is 50.9 Å². The zero-order valence-electron chi connectivity index (χ0n) is 81.9. The van der Waals surface area contributed by atoms with Crippen LogP contribution >= 0.6 is 47.0 Å². The lowest BCUT2D eigenvalue weighted by Crippen LogP contribution is -2.43. The highest BCUT2D eigenvalue weighted by Gasteiger charge is 2.44. The first kappa shape index (κ1) is 126. The maximum absolute atomic E-state index is 13.6. The predicted molar refractivity (Wildman–Crippen MR) is 551 cm³/mol. The molecule has 0 unspecified atom stereocenters. The molecule has 0 aliphatic heterocycles. The fourth-order valence-electron chi connectivity index (χ4n) is 17.2. The molecule has 26 nitrogen and oxygen atoms in total. The van der Waals surface area contributed by atoms with E-state index in [4.69, 9.17) is 33.2 Å². The van der Waals surface area contributed by atoms with E-state index < -0.39 is 109 Å². The van der Waals surface area contributed by atoms with Gasteiger partial charge in [0.05, 0.1) is 71.2 Å². The summed E-state index contributed by atoms with van der Waals surface area (Å²) >= 11 is 6.79. The molecule has 4 amide bonds. The summed E-state index contributed by atoms with van der Waals surface area (Å²) in [5.41, 5.74) is -3.77. The molecule has 4 fully saturated rings. The summed E-state index contributed by atoms with van der Waals surface area (Å²) in [7, 11) is -0.374. The number of aromatic carboxylic acids is 1. The van der Waals surface area contributed by atoms with E-state index in [-0.39, 0.29) is 157 Å². The number of aromatic nitrogens is 4. The lowest BCUT2D eigenvalue weighted by atomic mass is 9.82. The van der Waals surface area contributed by atoms with Crippen LogP contribution in [0.4, 0.5) is 75.4 Å². The Balaban J connectivity index is 0.000000342. The fourth-order valence-corrected chi connectivity index (χ4v) is 18.8. The Hall–Kier alpha value is -11.0. The van der Waals surface area contributed by atoms with Crippen molar-refractivity contribution in [1.29, 1.82) is 0 Å². The lowest BCUT2D eigenvalue weighted by Gasteiger charge is -2.34. The van der Waals surface area contributed by atoms with Gasteiger partial charge < -0.3 is 57.9 Å². The number of anilines is 4. The van der Waals surface area contributed by atoms with Crippen molar-refractivity contribution in [3.63, 3.8) is 0 Å². The zero-order chi connectivity index (χ0) is 106. The topological polar surface area (TPSA) is 320 Å². The number of ether oxygens (including phenoxy) is 7. The van der Waals surface area contributed by atoms with Crippen LogP contribution in [0.5, 0.6) is 46.5 Å². The van der Waals surface area contributed by atoms with Gasteiger partial charge in [0.15, 0.2) is 9.84 Å². The number of hydrogen-bond acceptors (Lipinski definition) is 23. The number of rotatable bonds is 26. The van der Waals surface area contributed by atoms with E-state index in [1.807, 2.05) is 41.5 Å². The van der Waals surface area contributed by atoms with Crippen molar-refractivity contribution in [2.75, 3.05) is 53.4 Å². The van der Waals surface area contributed by atoms with Crippen LogP contribution < -0.4 is 38.5 Å². The summed E-state index contributed by atoms with van der Waals surface area (Å²) in [6, 6.07) is 18.2. The summed E-state index contributed by atoms with van der Waals surface area (Å²) < 4.78 is 223. The minimum atomic E-state index is -4.99. The Bertz CT molecular complexity index is 5810. The first-order chi connectivity index (χ1) is 66.9. The van der Waals surface area contributed by atoms with E-state index in [2.05, 4.69) is 60.3 Å². The molecule has 1 N–H and O–H groups in total. The number of hydrogen-bond donors (Lipinski definition) is 2. The van der Waals surface area contributed by atoms with Crippen molar-refractivity contribution in [3.05, 3.63) is 170 Å². The van der Waals surface area contributed by atoms with E-state index in [1.165, 1.54) is 105 Å². The molecule has 42 heteroatoms. The van der Waals surface area contributed by atoms with Crippen LogP contribution in [0.3, 0.4) is 0 Å². The first-order valence-electron chi connectivity index (χ1n) is 46.3. The van der Waals surface area contributed by atoms with E-state index >= 15 is 0 Å². The monoisotopic (exact) mass is 2240 g/mol. The summed E-state index contributed by atoms with van der Waals surface area (Å²) in [6.45, 7) is 23.2. The van der Waals surface area contributed by atoms with Gasteiger partial charge in [-0.2, -0.15) is 52.7 Å². The molecule has 4 saturated carbocycles. The van der Waals surface area contributed by atoms with Crippen LogP contribution in [0.2, 0.25) is 0 Å². The van der Waals surface area contributed by atoms with Gasteiger partial charge in [0.1, 0.15) is 45.3 Å². The van der Waals surface area contributed by atoms with Crippen LogP contribution in [0.1, 0.15) is 279 Å². The molecule has 8 aromatic rings. The maximum atomic E-state index is 13.6. The third kappa shape index (κ3) is 33.5. The van der Waals surface area contributed by atoms with Crippen LogP contribution in [0.25, 0.3) is 0 Å². The van der Waals surface area contributed by atoms with Crippen molar-refractivity contribution < 1.29 is 138 Å². The number of carboxylic acids is 1. The minimum absolute atomic E-state index is 0. The summed E-state index contributed by atoms with van der Waals surface area (Å²) in [5, 5.41) is 9.87. The second-order valence-corrected chi connectivity index (χ2v) is 41.7. The molecule has 4 heterocycles. The van der Waals surface area contributed by atoms with Crippen molar-refractivity contribution in [2.24, 2.45) is 47.3 Å². The molecular weight excluding hydrogens is 2110 g/mol. The highest BCUT2D eigenvalue weighted by atomic mass is 127. The van der Waals surface area contributed by atoms with Gasteiger partial charge in [0.25, 0.3) is 0 Å². The van der Waals surface area contributed by atoms with Gasteiger partial charge >= 0.3 is 48.6 Å². The number of pyridine rings is 4. The quantitative estimate of drug-likeness (QED) is 0.0127. The molecule has 4 aliphatic carbocycles. The minimum Gasteiger partial charge on any atom is -0.478 e. The average Bonchev–Trinajstić information content (AvgIpc) is 0.789. The van der Waals surface area contributed by atoms with Crippen molar-refractivity contribution in [1.82, 2.24) is 19.9 Å². The molecule has 0 spiro atoms. The Kier molecular flexibility index (Phi) is 46.8. The molecule has 0 atom stereocenters. The molecule has 4 aromatic heterocycles. The summed E-state index contributed by atoms with van der Waals surface area (Å²) in [5.74, 6) is -5.77. The number of nitrogens with zero attached hydrogens (tertiary/aromatic N) is 8. The van der Waals surface area contributed by atoms with Gasteiger partial charge in [-0.3, -0.25) is 19.2 Å². The second kappa shape index (κ2) is 54.4. The highest BCUT2D eigenvalue weighted by molar-refractivity contribution is 14.1. The smallest absolute Gasteiger partial charge is 0.421 e. The molecule has 0 radical (unpaired) electrons. The number of carbonyl (C=O) groups is 8. The Morgan fingerprint density at radius 3 is 0.884 bits per heavy atom. The van der Waals surface area contributed by atoms with Gasteiger partial charge in [-0.15, -0.1) is 24.4 Å². The van der Waals surface area contributed by atoms with E-state index in [0.717, 1.165) is 145 Å². The molecule has 0 saturated heterocycles. The lowest BCUT2D eigenvalue weighted by molar-refractivity contribution is -0.140. The maximum Gasteiger partial charge on any atom is 0.421 e. The predicted octanol–water partition coefficient (Wildman–Crippen LogP) is 28.5. The molecule has 147 heavy (non-hydrogen) atoms. The third-order valence-electron chi connectivity index (χ3n) is 24.9. The number of carboxylic acid groups (broad SMARTS) is 1. The number of thioether (sulfide) groups is 1. The second-order valence-electron chi connectivity index (χ2n) is 37.0. The molecule has 0 bridgehead atoms. The summed E-state index contributed by atoms with van der Waals surface area (Å²) in [4.78, 5) is 125. The molecule has 4 aromatic carbocycles. The number of methoxy groups -OCH3 is 3. The Morgan fingerprint density at radius 1 is 0.381 bits per heavy atom. The van der Waals surface area contributed by atoms with E-state index in [0.29, 0.717) is 68.1 Å². The number of esters is 3. The van der Waals surface area contributed by atoms with Crippen LogP contribution in [0.15, 0.2) is 137 Å². The number of benzene rings is 4. The van der Waals surface area contributed by atoms with E-state index in [9.17, 15) is 105 Å². The van der Waals surface area contributed by atoms with Crippen molar-refractivity contribution in [2.45, 2.75) is 279 Å². The number of alkyl halides is 12. The third-order valence-corrected chi connectivity index (χ3v) is 27.5. The average molecular weight is 2250 g/mol. The number of sulfone groups is 1.